The second kappa shape index (κ2) is 2.34. The molecule has 46 valence electrons. The van der Waals surface area contributed by atoms with Gasteiger partial charge < -0.3 is 0 Å². The third kappa shape index (κ3) is 0.936. The molecule has 0 saturated heterocycles. The Bertz CT molecular complexity index is 101. The molecule has 0 fully saturated rings. The molecule has 0 bridgehead atoms. The van der Waals surface area contributed by atoms with Gasteiger partial charge in [-0.3, -0.25) is 0 Å². The zero-order chi connectivity index (χ0) is 5.98. The van der Waals surface area contributed by atoms with Gasteiger partial charge in [0.2, 0.25) is 0 Å². The molecule has 1 aliphatic carbocycles. The SMILES string of the molecule is CC[C@H]1CCC=C1C. The highest BCUT2D eigenvalue weighted by molar-refractivity contribution is 5.08. The summed E-state index contributed by atoms with van der Waals surface area (Å²) < 4.78 is 0. The van der Waals surface area contributed by atoms with Crippen LogP contribution in [-0.2, 0) is 0 Å². The summed E-state index contributed by atoms with van der Waals surface area (Å²) in [5.41, 5.74) is 1.62. The Kier molecular flexibility index (Phi) is 1.72. The summed E-state index contributed by atoms with van der Waals surface area (Å²) in [6.07, 6.45) is 6.43. The summed E-state index contributed by atoms with van der Waals surface area (Å²) in [5, 5.41) is 0. The van der Waals surface area contributed by atoms with Crippen LogP contribution in [0.3, 0.4) is 0 Å². The fourth-order valence-electron chi connectivity index (χ4n) is 1.43. The molecule has 1 atom stereocenters. The van der Waals surface area contributed by atoms with Gasteiger partial charge >= 0.3 is 0 Å². The molecule has 1 rings (SSSR count). The Morgan fingerprint density at radius 1 is 1.75 bits per heavy atom. The topological polar surface area (TPSA) is 0 Å². The molecular weight excluding hydrogens is 96.1 g/mol. The molecule has 0 heteroatoms. The monoisotopic (exact) mass is 110 g/mol. The van der Waals surface area contributed by atoms with Crippen molar-refractivity contribution >= 4 is 0 Å². The highest BCUT2D eigenvalue weighted by atomic mass is 14.2. The maximum atomic E-state index is 2.37. The average Bonchev–Trinajstić information content (AvgIpc) is 2.14. The standard InChI is InChI=1S/C8H14/c1-3-8-6-4-5-7(8)2/h5,8H,3-4,6H2,1-2H3/t8-/m0/s1. The van der Waals surface area contributed by atoms with Crippen molar-refractivity contribution in [1.82, 2.24) is 0 Å². The number of hydrogen-bond acceptors (Lipinski definition) is 0. The Morgan fingerprint density at radius 2 is 2.50 bits per heavy atom. The van der Waals surface area contributed by atoms with Gasteiger partial charge in [-0.05, 0) is 32.1 Å². The minimum Gasteiger partial charge on any atom is -0.0853 e. The Hall–Kier alpha value is -0.260. The first-order valence-electron chi connectivity index (χ1n) is 3.51. The molecule has 0 saturated carbocycles. The second-order valence-electron chi connectivity index (χ2n) is 2.63. The zero-order valence-corrected chi connectivity index (χ0v) is 5.78. The number of allylic oxidation sites excluding steroid dienone is 2. The maximum Gasteiger partial charge on any atom is -0.0206 e. The summed E-state index contributed by atoms with van der Waals surface area (Å²) in [5.74, 6) is 0.926. The van der Waals surface area contributed by atoms with Gasteiger partial charge in [0.25, 0.3) is 0 Å². The first-order valence-corrected chi connectivity index (χ1v) is 3.51. The van der Waals surface area contributed by atoms with Crippen LogP contribution < -0.4 is 0 Å². The second-order valence-corrected chi connectivity index (χ2v) is 2.63. The van der Waals surface area contributed by atoms with Crippen molar-refractivity contribution in [2.45, 2.75) is 33.1 Å². The number of rotatable bonds is 1. The molecular formula is C8H14. The number of hydrogen-bond donors (Lipinski definition) is 0. The molecule has 1 aliphatic rings. The van der Waals surface area contributed by atoms with Crippen LogP contribution in [0, 0.1) is 5.92 Å². The maximum absolute atomic E-state index is 2.37. The van der Waals surface area contributed by atoms with Crippen LogP contribution >= 0.6 is 0 Å². The normalized spacial score (nSPS) is 28.2. The zero-order valence-electron chi connectivity index (χ0n) is 5.78. The van der Waals surface area contributed by atoms with Crippen molar-refractivity contribution in [3.8, 4) is 0 Å². The highest BCUT2D eigenvalue weighted by Gasteiger charge is 2.11. The van der Waals surface area contributed by atoms with Crippen molar-refractivity contribution in [3.05, 3.63) is 11.6 Å². The van der Waals surface area contributed by atoms with Crippen LogP contribution in [0.1, 0.15) is 33.1 Å². The quantitative estimate of drug-likeness (QED) is 0.455. The van der Waals surface area contributed by atoms with E-state index >= 15 is 0 Å². The summed E-state index contributed by atoms with van der Waals surface area (Å²) in [6.45, 7) is 4.52. The third-order valence-electron chi connectivity index (χ3n) is 2.12. The van der Waals surface area contributed by atoms with Crippen LogP contribution in [0.4, 0.5) is 0 Å². The minimum atomic E-state index is 0.926. The molecule has 0 unspecified atom stereocenters. The lowest BCUT2D eigenvalue weighted by Gasteiger charge is -2.05. The van der Waals surface area contributed by atoms with E-state index in [1.807, 2.05) is 0 Å². The molecule has 0 nitrogen and oxygen atoms in total. The summed E-state index contributed by atoms with van der Waals surface area (Å²) in [7, 11) is 0. The average molecular weight is 110 g/mol. The van der Waals surface area contributed by atoms with Crippen molar-refractivity contribution in [2.24, 2.45) is 5.92 Å². The molecule has 8 heavy (non-hydrogen) atoms. The Balaban J connectivity index is 2.46. The summed E-state index contributed by atoms with van der Waals surface area (Å²) >= 11 is 0. The fraction of sp³-hybridized carbons (Fsp3) is 0.750. The lowest BCUT2D eigenvalue weighted by atomic mass is 10.0. The molecule has 0 amide bonds. The van der Waals surface area contributed by atoms with E-state index in [1.165, 1.54) is 19.3 Å². The molecule has 0 N–H and O–H groups in total. The van der Waals surface area contributed by atoms with Gasteiger partial charge in [0, 0.05) is 0 Å². The van der Waals surface area contributed by atoms with E-state index in [-0.39, 0.29) is 0 Å². The van der Waals surface area contributed by atoms with Crippen molar-refractivity contribution in [2.75, 3.05) is 0 Å². The van der Waals surface area contributed by atoms with E-state index in [2.05, 4.69) is 19.9 Å². The lowest BCUT2D eigenvalue weighted by molar-refractivity contribution is 0.585. The molecule has 0 aliphatic heterocycles. The van der Waals surface area contributed by atoms with Gasteiger partial charge in [-0.2, -0.15) is 0 Å². The molecule has 0 aromatic rings. The van der Waals surface area contributed by atoms with Crippen LogP contribution in [-0.4, -0.2) is 0 Å². The molecule has 0 spiro atoms. The first kappa shape index (κ1) is 5.87. The van der Waals surface area contributed by atoms with E-state index in [9.17, 15) is 0 Å². The van der Waals surface area contributed by atoms with Crippen LogP contribution in [0.2, 0.25) is 0 Å². The van der Waals surface area contributed by atoms with Crippen molar-refractivity contribution in [1.29, 1.82) is 0 Å². The first-order chi connectivity index (χ1) is 3.84. The van der Waals surface area contributed by atoms with Gasteiger partial charge in [-0.15, -0.1) is 0 Å². The van der Waals surface area contributed by atoms with Gasteiger partial charge in [-0.1, -0.05) is 18.6 Å². The van der Waals surface area contributed by atoms with E-state index in [1.54, 1.807) is 5.57 Å². The van der Waals surface area contributed by atoms with E-state index < -0.39 is 0 Å². The van der Waals surface area contributed by atoms with Gasteiger partial charge in [-0.25, -0.2) is 0 Å². The Labute approximate surface area is 51.6 Å². The molecule has 0 aromatic carbocycles. The van der Waals surface area contributed by atoms with E-state index in [0.29, 0.717) is 0 Å². The fourth-order valence-corrected chi connectivity index (χ4v) is 1.43. The highest BCUT2D eigenvalue weighted by Crippen LogP contribution is 2.27. The van der Waals surface area contributed by atoms with E-state index in [0.717, 1.165) is 5.92 Å². The van der Waals surface area contributed by atoms with Gasteiger partial charge in [0.1, 0.15) is 0 Å². The van der Waals surface area contributed by atoms with Gasteiger partial charge in [0.05, 0.1) is 0 Å². The van der Waals surface area contributed by atoms with Crippen LogP contribution in [0.15, 0.2) is 11.6 Å². The predicted octanol–water partition coefficient (Wildman–Crippen LogP) is 2.75. The predicted molar refractivity (Wildman–Crippen MR) is 36.8 cm³/mol. The minimum absolute atomic E-state index is 0.926. The van der Waals surface area contributed by atoms with Crippen LogP contribution in [0.25, 0.3) is 0 Å². The molecule has 0 aromatic heterocycles. The van der Waals surface area contributed by atoms with Crippen LogP contribution in [0.5, 0.6) is 0 Å². The smallest absolute Gasteiger partial charge is 0.0206 e. The molecule has 0 heterocycles. The third-order valence-corrected chi connectivity index (χ3v) is 2.12. The van der Waals surface area contributed by atoms with E-state index in [4.69, 9.17) is 0 Å². The lowest BCUT2D eigenvalue weighted by Crippen LogP contribution is -1.92. The summed E-state index contributed by atoms with van der Waals surface area (Å²) in [4.78, 5) is 0. The largest absolute Gasteiger partial charge is 0.0853 e. The Morgan fingerprint density at radius 3 is 2.75 bits per heavy atom. The molecule has 0 radical (unpaired) electrons. The van der Waals surface area contributed by atoms with Gasteiger partial charge in [0.15, 0.2) is 0 Å². The van der Waals surface area contributed by atoms with Crippen molar-refractivity contribution < 1.29 is 0 Å². The van der Waals surface area contributed by atoms with Crippen molar-refractivity contribution in [3.63, 3.8) is 0 Å². The summed E-state index contributed by atoms with van der Waals surface area (Å²) in [6, 6.07) is 0.